The minimum absolute atomic E-state index is 0.102. The number of allylic oxidation sites excluding steroid dienone is 7. The van der Waals surface area contributed by atoms with E-state index in [0.717, 1.165) is 12.8 Å². The summed E-state index contributed by atoms with van der Waals surface area (Å²) in [5.74, 6) is 1.64. The topological polar surface area (TPSA) is 34.1 Å². The van der Waals surface area contributed by atoms with Gasteiger partial charge in [0, 0.05) is 18.3 Å². The smallest absolute Gasteiger partial charge is 0.159 e. The summed E-state index contributed by atoms with van der Waals surface area (Å²) in [6, 6.07) is 0. The lowest BCUT2D eigenvalue weighted by atomic mass is 9.65. The Morgan fingerprint density at radius 1 is 0.964 bits per heavy atom. The molecule has 2 rings (SSSR count). The van der Waals surface area contributed by atoms with Crippen LogP contribution in [-0.4, -0.2) is 11.6 Å². The van der Waals surface area contributed by atoms with Crippen molar-refractivity contribution in [3.8, 4) is 0 Å². The van der Waals surface area contributed by atoms with Crippen LogP contribution in [0.25, 0.3) is 0 Å². The van der Waals surface area contributed by atoms with Gasteiger partial charge in [-0.05, 0) is 48.5 Å². The molecule has 0 aromatic carbocycles. The van der Waals surface area contributed by atoms with Crippen molar-refractivity contribution >= 4 is 11.6 Å². The van der Waals surface area contributed by atoms with E-state index in [0.29, 0.717) is 24.0 Å². The van der Waals surface area contributed by atoms with Gasteiger partial charge in [0.1, 0.15) is 5.78 Å². The lowest BCUT2D eigenvalue weighted by Crippen LogP contribution is -2.37. The number of hydrogen-bond acceptors (Lipinski definition) is 2. The Bertz CT molecular complexity index is 645. The first-order chi connectivity index (χ1) is 13.0. The van der Waals surface area contributed by atoms with E-state index < -0.39 is 0 Å². The van der Waals surface area contributed by atoms with E-state index >= 15 is 0 Å². The second-order valence-corrected chi connectivity index (χ2v) is 9.78. The van der Waals surface area contributed by atoms with Crippen molar-refractivity contribution in [3.63, 3.8) is 0 Å². The second kappa shape index (κ2) is 10.2. The quantitative estimate of drug-likeness (QED) is 0.388. The first kappa shape index (κ1) is 24.3. The Kier molecular flexibility index (Phi) is 8.85. The van der Waals surface area contributed by atoms with Gasteiger partial charge in [0.05, 0.1) is 0 Å². The van der Waals surface area contributed by atoms with Crippen molar-refractivity contribution in [1.82, 2.24) is 0 Å². The largest absolute Gasteiger partial charge is 0.299 e. The molecule has 0 unspecified atom stereocenters. The zero-order valence-corrected chi connectivity index (χ0v) is 19.0. The summed E-state index contributed by atoms with van der Waals surface area (Å²) in [5.41, 5.74) is 0.207. The molecule has 0 aromatic rings. The minimum Gasteiger partial charge on any atom is -0.299 e. The average Bonchev–Trinajstić information content (AvgIpc) is 2.54. The predicted molar refractivity (Wildman–Crippen MR) is 120 cm³/mol. The maximum absolute atomic E-state index is 11.9. The maximum atomic E-state index is 11.9. The molecule has 0 saturated heterocycles. The molecule has 28 heavy (non-hydrogen) atoms. The summed E-state index contributed by atoms with van der Waals surface area (Å²) in [6.07, 6.45) is 16.5. The lowest BCUT2D eigenvalue weighted by Gasteiger charge is -2.38. The van der Waals surface area contributed by atoms with Crippen LogP contribution in [0, 0.1) is 34.5 Å². The van der Waals surface area contributed by atoms with Crippen LogP contribution in [0.3, 0.4) is 0 Å². The van der Waals surface area contributed by atoms with Crippen LogP contribution in [0.1, 0.15) is 67.7 Å². The van der Waals surface area contributed by atoms with E-state index in [4.69, 9.17) is 0 Å². The van der Waals surface area contributed by atoms with Gasteiger partial charge in [0.2, 0.25) is 0 Å². The van der Waals surface area contributed by atoms with E-state index in [2.05, 4.69) is 72.4 Å². The Morgan fingerprint density at radius 2 is 1.43 bits per heavy atom. The van der Waals surface area contributed by atoms with Crippen LogP contribution in [0.2, 0.25) is 0 Å². The van der Waals surface area contributed by atoms with Crippen LogP contribution in [0.4, 0.5) is 0 Å². The van der Waals surface area contributed by atoms with E-state index in [1.54, 1.807) is 12.2 Å². The molecule has 2 heteroatoms. The van der Waals surface area contributed by atoms with Gasteiger partial charge in [-0.2, -0.15) is 0 Å². The van der Waals surface area contributed by atoms with Crippen molar-refractivity contribution in [2.45, 2.75) is 67.7 Å². The van der Waals surface area contributed by atoms with Crippen LogP contribution in [-0.2, 0) is 9.59 Å². The highest BCUT2D eigenvalue weighted by molar-refractivity contribution is 5.92. The van der Waals surface area contributed by atoms with Gasteiger partial charge >= 0.3 is 0 Å². The third kappa shape index (κ3) is 6.15. The van der Waals surface area contributed by atoms with Crippen LogP contribution >= 0.6 is 0 Å². The molecular weight excluding hydrogens is 344 g/mol. The van der Waals surface area contributed by atoms with Gasteiger partial charge in [-0.25, -0.2) is 0 Å². The Morgan fingerprint density at radius 3 is 1.82 bits per heavy atom. The van der Waals surface area contributed by atoms with Gasteiger partial charge in [-0.3, -0.25) is 9.59 Å². The van der Waals surface area contributed by atoms with Gasteiger partial charge in [-0.1, -0.05) is 78.0 Å². The van der Waals surface area contributed by atoms with Crippen molar-refractivity contribution < 1.29 is 9.59 Å². The summed E-state index contributed by atoms with van der Waals surface area (Å²) in [7, 11) is 0. The molecule has 0 saturated carbocycles. The van der Waals surface area contributed by atoms with E-state index in [-0.39, 0.29) is 28.4 Å². The molecule has 0 bridgehead atoms. The molecule has 2 aliphatic rings. The molecular formula is C26H40O2. The maximum Gasteiger partial charge on any atom is 0.159 e. The van der Waals surface area contributed by atoms with Crippen LogP contribution in [0.15, 0.2) is 49.1 Å². The average molecular weight is 385 g/mol. The number of Topliss-reactive ketones (excluding diaryl/α,β-unsaturated/α-hetero) is 1. The van der Waals surface area contributed by atoms with Crippen LogP contribution in [0.5, 0.6) is 0 Å². The third-order valence-electron chi connectivity index (χ3n) is 6.23. The summed E-state index contributed by atoms with van der Waals surface area (Å²) >= 11 is 0. The first-order valence-electron chi connectivity index (χ1n) is 10.6. The predicted octanol–water partition coefficient (Wildman–Crippen LogP) is 6.74. The highest BCUT2D eigenvalue weighted by Gasteiger charge is 2.39. The SMILES string of the molecule is C/C=C/C(=O)[C@H]1[C@H](C)C=CCC1(C)C.C=CCC(=O)[C@H]1[C@H](C)C=CCC1(C)C. The van der Waals surface area contributed by atoms with E-state index in [1.165, 1.54) is 0 Å². The molecule has 0 amide bonds. The molecule has 0 radical (unpaired) electrons. The zero-order valence-electron chi connectivity index (χ0n) is 19.0. The molecule has 0 fully saturated rings. The summed E-state index contributed by atoms with van der Waals surface area (Å²) < 4.78 is 0. The highest BCUT2D eigenvalue weighted by atomic mass is 16.1. The van der Waals surface area contributed by atoms with Gasteiger partial charge in [0.15, 0.2) is 5.78 Å². The Balaban J connectivity index is 0.000000280. The van der Waals surface area contributed by atoms with Gasteiger partial charge in [-0.15, -0.1) is 6.58 Å². The van der Waals surface area contributed by atoms with Gasteiger partial charge in [0.25, 0.3) is 0 Å². The highest BCUT2D eigenvalue weighted by Crippen LogP contribution is 2.42. The van der Waals surface area contributed by atoms with Gasteiger partial charge < -0.3 is 0 Å². The van der Waals surface area contributed by atoms with Crippen LogP contribution < -0.4 is 0 Å². The minimum atomic E-state index is 0.102. The van der Waals surface area contributed by atoms with Crippen molar-refractivity contribution in [2.24, 2.45) is 34.5 Å². The molecule has 0 N–H and O–H groups in total. The van der Waals surface area contributed by atoms with E-state index in [1.807, 2.05) is 13.0 Å². The molecule has 0 heterocycles. The fourth-order valence-corrected chi connectivity index (χ4v) is 4.98. The molecule has 0 aromatic heterocycles. The number of hydrogen-bond donors (Lipinski definition) is 0. The summed E-state index contributed by atoms with van der Waals surface area (Å²) in [6.45, 7) is 18.5. The second-order valence-electron chi connectivity index (χ2n) is 9.78. The van der Waals surface area contributed by atoms with Crippen molar-refractivity contribution in [2.75, 3.05) is 0 Å². The first-order valence-corrected chi connectivity index (χ1v) is 10.6. The number of carbonyl (C=O) groups is 2. The normalized spacial score (nSPS) is 30.4. The van der Waals surface area contributed by atoms with E-state index in [9.17, 15) is 9.59 Å². The fraction of sp³-hybridized carbons (Fsp3) is 0.615. The van der Waals surface area contributed by atoms with Crippen molar-refractivity contribution in [3.05, 3.63) is 49.1 Å². The molecule has 0 aliphatic heterocycles. The Labute approximate surface area is 172 Å². The molecule has 0 spiro atoms. The standard InChI is InChI=1S/2C13H20O/c2*1-5-7-11(14)12-10(2)8-6-9-13(12,3)4/h5-8,10,12H,9H2,1-4H3;5-6,8,10,12H,1,7,9H2,2-4H3/b7-5+;/t2*10-,12-/m11/s1. The summed E-state index contributed by atoms with van der Waals surface area (Å²) in [5, 5.41) is 0. The lowest BCUT2D eigenvalue weighted by molar-refractivity contribution is -0.127. The number of ketones is 2. The fourth-order valence-electron chi connectivity index (χ4n) is 4.98. The number of rotatable bonds is 5. The summed E-state index contributed by atoms with van der Waals surface area (Å²) in [4.78, 5) is 23.8. The zero-order chi connectivity index (χ0) is 21.5. The Hall–Kier alpha value is -1.70. The van der Waals surface area contributed by atoms with Crippen molar-refractivity contribution in [1.29, 1.82) is 0 Å². The molecule has 2 aliphatic carbocycles. The number of carbonyl (C=O) groups excluding carboxylic acids is 2. The molecule has 4 atom stereocenters. The monoisotopic (exact) mass is 384 g/mol. The molecule has 2 nitrogen and oxygen atoms in total. The molecule has 156 valence electrons. The third-order valence-corrected chi connectivity index (χ3v) is 6.23.